The van der Waals surface area contributed by atoms with E-state index in [2.05, 4.69) is 0 Å². The number of rotatable bonds is 6. The van der Waals surface area contributed by atoms with E-state index in [1.54, 1.807) is 24.3 Å². The van der Waals surface area contributed by atoms with E-state index < -0.39 is 11.9 Å². The standard InChI is InChI=1S/C18H16O6/c19-14-8-5-13(6-9-14)7-10-17(21)23-11-12-24-18(22)15-3-1-2-4-16(15)20/h1-10,19-20H,11-12H2/b10-7+. The Kier molecular flexibility index (Phi) is 5.96. The Labute approximate surface area is 138 Å². The molecule has 0 saturated heterocycles. The normalized spacial score (nSPS) is 10.5. The number of phenols is 2. The van der Waals surface area contributed by atoms with Crippen LogP contribution < -0.4 is 0 Å². The highest BCUT2D eigenvalue weighted by molar-refractivity contribution is 5.92. The lowest BCUT2D eigenvalue weighted by Gasteiger charge is -2.06. The summed E-state index contributed by atoms with van der Waals surface area (Å²) < 4.78 is 9.80. The molecule has 0 amide bonds. The van der Waals surface area contributed by atoms with Crippen molar-refractivity contribution in [3.8, 4) is 11.5 Å². The maximum absolute atomic E-state index is 11.7. The Morgan fingerprint density at radius 1 is 0.917 bits per heavy atom. The van der Waals surface area contributed by atoms with Gasteiger partial charge in [-0.3, -0.25) is 0 Å². The van der Waals surface area contributed by atoms with Crippen LogP contribution in [0.4, 0.5) is 0 Å². The van der Waals surface area contributed by atoms with E-state index in [0.717, 1.165) is 5.56 Å². The van der Waals surface area contributed by atoms with Crippen LogP contribution >= 0.6 is 0 Å². The lowest BCUT2D eigenvalue weighted by atomic mass is 10.2. The number of aromatic hydroxyl groups is 2. The number of carbonyl (C=O) groups is 2. The molecule has 0 aliphatic heterocycles. The Balaban J connectivity index is 1.72. The van der Waals surface area contributed by atoms with Gasteiger partial charge in [-0.05, 0) is 35.9 Å². The van der Waals surface area contributed by atoms with E-state index in [1.807, 2.05) is 0 Å². The van der Waals surface area contributed by atoms with Crippen molar-refractivity contribution in [2.75, 3.05) is 13.2 Å². The van der Waals surface area contributed by atoms with Crippen LogP contribution in [0.15, 0.2) is 54.6 Å². The van der Waals surface area contributed by atoms with E-state index >= 15 is 0 Å². The topological polar surface area (TPSA) is 93.1 Å². The molecular weight excluding hydrogens is 312 g/mol. The molecule has 2 N–H and O–H groups in total. The third-order valence-corrected chi connectivity index (χ3v) is 2.99. The van der Waals surface area contributed by atoms with Gasteiger partial charge < -0.3 is 19.7 Å². The van der Waals surface area contributed by atoms with E-state index in [4.69, 9.17) is 14.6 Å². The van der Waals surface area contributed by atoms with Gasteiger partial charge in [-0.2, -0.15) is 0 Å². The molecule has 6 nitrogen and oxygen atoms in total. The van der Waals surface area contributed by atoms with Crippen LogP contribution in [0.25, 0.3) is 6.08 Å². The van der Waals surface area contributed by atoms with Gasteiger partial charge in [0.15, 0.2) is 0 Å². The quantitative estimate of drug-likeness (QED) is 0.481. The molecule has 2 rings (SSSR count). The Morgan fingerprint density at radius 2 is 1.58 bits per heavy atom. The van der Waals surface area contributed by atoms with Gasteiger partial charge in [0.1, 0.15) is 30.3 Å². The molecule has 0 aliphatic carbocycles. The Morgan fingerprint density at radius 3 is 2.29 bits per heavy atom. The van der Waals surface area contributed by atoms with E-state index in [-0.39, 0.29) is 30.3 Å². The van der Waals surface area contributed by atoms with E-state index in [0.29, 0.717) is 0 Å². The summed E-state index contributed by atoms with van der Waals surface area (Å²) in [5.74, 6) is -1.30. The van der Waals surface area contributed by atoms with Gasteiger partial charge in [0.25, 0.3) is 0 Å². The summed E-state index contributed by atoms with van der Waals surface area (Å²) >= 11 is 0. The molecular formula is C18H16O6. The first-order valence-corrected chi connectivity index (χ1v) is 7.15. The third-order valence-electron chi connectivity index (χ3n) is 2.99. The highest BCUT2D eigenvalue weighted by Gasteiger charge is 2.11. The average Bonchev–Trinajstić information content (AvgIpc) is 2.58. The molecule has 2 aromatic rings. The molecule has 6 heteroatoms. The van der Waals surface area contributed by atoms with Crippen molar-refractivity contribution in [3.05, 3.63) is 65.7 Å². The van der Waals surface area contributed by atoms with Gasteiger partial charge >= 0.3 is 11.9 Å². The summed E-state index contributed by atoms with van der Waals surface area (Å²) in [7, 11) is 0. The van der Waals surface area contributed by atoms with Crippen molar-refractivity contribution < 1.29 is 29.3 Å². The molecule has 0 fully saturated rings. The predicted octanol–water partition coefficient (Wildman–Crippen LogP) is 2.51. The first-order chi connectivity index (χ1) is 11.6. The zero-order chi connectivity index (χ0) is 17.4. The summed E-state index contributed by atoms with van der Waals surface area (Å²) in [6.07, 6.45) is 2.77. The summed E-state index contributed by atoms with van der Waals surface area (Å²) in [4.78, 5) is 23.2. The van der Waals surface area contributed by atoms with Gasteiger partial charge in [0.05, 0.1) is 0 Å². The van der Waals surface area contributed by atoms with Crippen molar-refractivity contribution in [1.82, 2.24) is 0 Å². The zero-order valence-electron chi connectivity index (χ0n) is 12.7. The second-order valence-electron chi connectivity index (χ2n) is 4.75. The van der Waals surface area contributed by atoms with Gasteiger partial charge in [-0.25, -0.2) is 9.59 Å². The maximum Gasteiger partial charge on any atom is 0.342 e. The summed E-state index contributed by atoms with van der Waals surface area (Å²) in [5.41, 5.74) is 0.784. The van der Waals surface area contributed by atoms with Crippen LogP contribution in [0.2, 0.25) is 0 Å². The number of ether oxygens (including phenoxy) is 2. The van der Waals surface area contributed by atoms with Crippen molar-refractivity contribution in [2.24, 2.45) is 0 Å². The number of para-hydroxylation sites is 1. The lowest BCUT2D eigenvalue weighted by molar-refractivity contribution is -0.138. The van der Waals surface area contributed by atoms with Crippen LogP contribution in [0, 0.1) is 0 Å². The highest BCUT2D eigenvalue weighted by Crippen LogP contribution is 2.16. The largest absolute Gasteiger partial charge is 0.508 e. The SMILES string of the molecule is O=C(/C=C/c1ccc(O)cc1)OCCOC(=O)c1ccccc1O. The van der Waals surface area contributed by atoms with Crippen molar-refractivity contribution in [2.45, 2.75) is 0 Å². The van der Waals surface area contributed by atoms with Crippen LogP contribution in [-0.2, 0) is 14.3 Å². The summed E-state index contributed by atoms with van der Waals surface area (Å²) in [6, 6.07) is 12.3. The second kappa shape index (κ2) is 8.38. The van der Waals surface area contributed by atoms with Crippen molar-refractivity contribution in [3.63, 3.8) is 0 Å². The van der Waals surface area contributed by atoms with Gasteiger partial charge in [0, 0.05) is 6.08 Å². The van der Waals surface area contributed by atoms with Gasteiger partial charge in [0.2, 0.25) is 0 Å². The number of benzene rings is 2. The van der Waals surface area contributed by atoms with E-state index in [1.165, 1.54) is 36.4 Å². The molecule has 24 heavy (non-hydrogen) atoms. The number of carbonyl (C=O) groups excluding carboxylic acids is 2. The van der Waals surface area contributed by atoms with Crippen LogP contribution in [0.1, 0.15) is 15.9 Å². The van der Waals surface area contributed by atoms with Crippen LogP contribution in [0.3, 0.4) is 0 Å². The molecule has 0 heterocycles. The number of hydrogen-bond donors (Lipinski definition) is 2. The zero-order valence-corrected chi connectivity index (χ0v) is 12.7. The van der Waals surface area contributed by atoms with Gasteiger partial charge in [-0.15, -0.1) is 0 Å². The molecule has 124 valence electrons. The number of esters is 2. The summed E-state index contributed by atoms with van der Waals surface area (Å²) in [6.45, 7) is -0.218. The molecule has 0 bridgehead atoms. The average molecular weight is 328 g/mol. The lowest BCUT2D eigenvalue weighted by Crippen LogP contribution is -2.13. The van der Waals surface area contributed by atoms with Crippen LogP contribution in [0.5, 0.6) is 11.5 Å². The molecule has 0 unspecified atom stereocenters. The fraction of sp³-hybridized carbons (Fsp3) is 0.111. The predicted molar refractivity (Wildman–Crippen MR) is 86.5 cm³/mol. The first kappa shape index (κ1) is 17.1. The Hall–Kier alpha value is -3.28. The van der Waals surface area contributed by atoms with Crippen molar-refractivity contribution in [1.29, 1.82) is 0 Å². The molecule has 2 aromatic carbocycles. The molecule has 0 atom stereocenters. The minimum absolute atomic E-state index is 0.0519. The van der Waals surface area contributed by atoms with Crippen LogP contribution in [-0.4, -0.2) is 35.4 Å². The minimum atomic E-state index is -0.691. The highest BCUT2D eigenvalue weighted by atomic mass is 16.6. The second-order valence-corrected chi connectivity index (χ2v) is 4.75. The molecule has 0 spiro atoms. The fourth-order valence-corrected chi connectivity index (χ4v) is 1.80. The smallest absolute Gasteiger partial charge is 0.342 e. The molecule has 0 aromatic heterocycles. The van der Waals surface area contributed by atoms with Crippen molar-refractivity contribution >= 4 is 18.0 Å². The summed E-state index contributed by atoms with van der Waals surface area (Å²) in [5, 5.41) is 18.7. The minimum Gasteiger partial charge on any atom is -0.508 e. The third kappa shape index (κ3) is 5.17. The Bertz CT molecular complexity index is 733. The fourth-order valence-electron chi connectivity index (χ4n) is 1.80. The number of hydrogen-bond acceptors (Lipinski definition) is 6. The molecule has 0 saturated carbocycles. The monoisotopic (exact) mass is 328 g/mol. The maximum atomic E-state index is 11.7. The first-order valence-electron chi connectivity index (χ1n) is 7.15. The number of phenolic OH excluding ortho intramolecular Hbond substituents is 2. The van der Waals surface area contributed by atoms with Gasteiger partial charge in [-0.1, -0.05) is 24.3 Å². The molecule has 0 aliphatic rings. The molecule has 0 radical (unpaired) electrons. The van der Waals surface area contributed by atoms with E-state index in [9.17, 15) is 14.7 Å².